The summed E-state index contributed by atoms with van der Waals surface area (Å²) in [5.74, 6) is 0.510. The fourth-order valence-corrected chi connectivity index (χ4v) is 3.41. The highest BCUT2D eigenvalue weighted by Crippen LogP contribution is 2.24. The number of non-ortho nitro benzene ring substituents is 1. The molecule has 6 heteroatoms. The predicted molar refractivity (Wildman–Crippen MR) is 83.5 cm³/mol. The number of hydrogen-bond donors (Lipinski definition) is 0. The molecule has 0 saturated heterocycles. The molecule has 0 N–H and O–H groups in total. The van der Waals surface area contributed by atoms with E-state index in [0.29, 0.717) is 11.8 Å². The van der Waals surface area contributed by atoms with Crippen LogP contribution in [-0.4, -0.2) is 34.6 Å². The number of nitro benzene ring substituents is 1. The van der Waals surface area contributed by atoms with Crippen LogP contribution in [0.5, 0.6) is 0 Å². The van der Waals surface area contributed by atoms with Crippen LogP contribution in [0.15, 0.2) is 29.2 Å². The number of carbonyl (C=O) groups is 1. The third-order valence-electron chi connectivity index (χ3n) is 3.93. The molecule has 0 aromatic heterocycles. The van der Waals surface area contributed by atoms with Gasteiger partial charge in [-0.1, -0.05) is 19.3 Å². The molecule has 1 amide bonds. The second kappa shape index (κ2) is 7.45. The molecule has 1 aliphatic carbocycles. The van der Waals surface area contributed by atoms with Crippen LogP contribution in [0, 0.1) is 10.1 Å². The fraction of sp³-hybridized carbons (Fsp3) is 0.533. The van der Waals surface area contributed by atoms with Gasteiger partial charge in [0.2, 0.25) is 5.91 Å². The zero-order valence-electron chi connectivity index (χ0n) is 12.2. The maximum atomic E-state index is 12.2. The Morgan fingerprint density at radius 2 is 1.90 bits per heavy atom. The average molecular weight is 308 g/mol. The van der Waals surface area contributed by atoms with E-state index in [1.807, 2.05) is 11.9 Å². The summed E-state index contributed by atoms with van der Waals surface area (Å²) in [5, 5.41) is 10.6. The number of benzene rings is 1. The van der Waals surface area contributed by atoms with Crippen molar-refractivity contribution in [2.45, 2.75) is 43.0 Å². The summed E-state index contributed by atoms with van der Waals surface area (Å²) < 4.78 is 0. The lowest BCUT2D eigenvalue weighted by atomic mass is 9.94. The highest BCUT2D eigenvalue weighted by atomic mass is 32.2. The number of nitrogens with zero attached hydrogens (tertiary/aromatic N) is 2. The molecule has 0 unspecified atom stereocenters. The first-order chi connectivity index (χ1) is 10.1. The lowest BCUT2D eigenvalue weighted by Crippen LogP contribution is -2.39. The molecule has 0 aliphatic heterocycles. The van der Waals surface area contributed by atoms with Crippen LogP contribution < -0.4 is 0 Å². The van der Waals surface area contributed by atoms with Gasteiger partial charge in [0.1, 0.15) is 0 Å². The smallest absolute Gasteiger partial charge is 0.269 e. The van der Waals surface area contributed by atoms with Gasteiger partial charge in [-0.05, 0) is 25.0 Å². The molecule has 2 rings (SSSR count). The van der Waals surface area contributed by atoms with Crippen molar-refractivity contribution < 1.29 is 9.72 Å². The number of carbonyl (C=O) groups excluding carboxylic acids is 1. The average Bonchev–Trinajstić information content (AvgIpc) is 2.53. The van der Waals surface area contributed by atoms with Gasteiger partial charge in [0.15, 0.2) is 0 Å². The SMILES string of the molecule is CN(C(=O)CSc1ccc([N+](=O)[O-])cc1)C1CCCCC1. The van der Waals surface area contributed by atoms with Crippen LogP contribution in [0.3, 0.4) is 0 Å². The molecule has 5 nitrogen and oxygen atoms in total. The standard InChI is InChI=1S/C15H20N2O3S/c1-16(12-5-3-2-4-6-12)15(18)11-21-14-9-7-13(8-10-14)17(19)20/h7-10,12H,2-6,11H2,1H3. The molecule has 0 heterocycles. The zero-order valence-corrected chi connectivity index (χ0v) is 13.0. The summed E-state index contributed by atoms with van der Waals surface area (Å²) in [7, 11) is 1.88. The minimum absolute atomic E-state index is 0.0741. The number of thioether (sulfide) groups is 1. The lowest BCUT2D eigenvalue weighted by Gasteiger charge is -2.31. The van der Waals surface area contributed by atoms with E-state index in [2.05, 4.69) is 0 Å². The normalized spacial score (nSPS) is 15.7. The van der Waals surface area contributed by atoms with Gasteiger partial charge < -0.3 is 4.90 Å². The van der Waals surface area contributed by atoms with Crippen molar-refractivity contribution in [1.82, 2.24) is 4.90 Å². The molecule has 0 atom stereocenters. The van der Waals surface area contributed by atoms with Crippen molar-refractivity contribution >= 4 is 23.4 Å². The molecule has 1 saturated carbocycles. The first kappa shape index (κ1) is 15.8. The molecule has 1 aromatic rings. The van der Waals surface area contributed by atoms with Gasteiger partial charge in [-0.15, -0.1) is 11.8 Å². The maximum Gasteiger partial charge on any atom is 0.269 e. The van der Waals surface area contributed by atoms with Crippen LogP contribution in [0.4, 0.5) is 5.69 Å². The van der Waals surface area contributed by atoms with E-state index in [-0.39, 0.29) is 11.6 Å². The fourth-order valence-electron chi connectivity index (χ4n) is 2.58. The van der Waals surface area contributed by atoms with Crippen molar-refractivity contribution in [1.29, 1.82) is 0 Å². The van der Waals surface area contributed by atoms with Crippen molar-refractivity contribution in [3.63, 3.8) is 0 Å². The van der Waals surface area contributed by atoms with E-state index in [0.717, 1.165) is 17.7 Å². The van der Waals surface area contributed by atoms with Gasteiger partial charge in [-0.2, -0.15) is 0 Å². The van der Waals surface area contributed by atoms with Gasteiger partial charge in [0, 0.05) is 30.1 Å². The Balaban J connectivity index is 1.83. The van der Waals surface area contributed by atoms with Crippen molar-refractivity contribution in [2.24, 2.45) is 0 Å². The Bertz CT molecular complexity index is 498. The van der Waals surface area contributed by atoms with Gasteiger partial charge in [0.25, 0.3) is 5.69 Å². The molecular weight excluding hydrogens is 288 g/mol. The van der Waals surface area contributed by atoms with Crippen LogP contribution in [-0.2, 0) is 4.79 Å². The van der Waals surface area contributed by atoms with Gasteiger partial charge >= 0.3 is 0 Å². The van der Waals surface area contributed by atoms with Gasteiger partial charge in [-0.25, -0.2) is 0 Å². The molecule has 1 aromatic carbocycles. The van der Waals surface area contributed by atoms with Gasteiger partial charge in [0.05, 0.1) is 10.7 Å². The quantitative estimate of drug-likeness (QED) is 0.474. The second-order valence-corrected chi connectivity index (χ2v) is 6.38. The molecule has 0 radical (unpaired) electrons. The Morgan fingerprint density at radius 3 is 2.48 bits per heavy atom. The second-order valence-electron chi connectivity index (χ2n) is 5.34. The topological polar surface area (TPSA) is 63.5 Å². The summed E-state index contributed by atoms with van der Waals surface area (Å²) in [6.07, 6.45) is 5.89. The number of rotatable bonds is 5. The van der Waals surface area contributed by atoms with Crippen LogP contribution >= 0.6 is 11.8 Å². The van der Waals surface area contributed by atoms with Crippen LogP contribution in [0.25, 0.3) is 0 Å². The summed E-state index contributed by atoms with van der Waals surface area (Å²) >= 11 is 1.43. The van der Waals surface area contributed by atoms with Crippen LogP contribution in [0.1, 0.15) is 32.1 Å². The molecular formula is C15H20N2O3S. The van der Waals surface area contributed by atoms with E-state index < -0.39 is 4.92 Å². The lowest BCUT2D eigenvalue weighted by molar-refractivity contribution is -0.384. The summed E-state index contributed by atoms with van der Waals surface area (Å²) in [5.41, 5.74) is 0.0741. The van der Waals surface area contributed by atoms with Crippen molar-refractivity contribution in [3.05, 3.63) is 34.4 Å². The summed E-state index contributed by atoms with van der Waals surface area (Å²) in [6.45, 7) is 0. The largest absolute Gasteiger partial charge is 0.342 e. The van der Waals surface area contributed by atoms with Crippen molar-refractivity contribution in [3.8, 4) is 0 Å². The molecule has 0 spiro atoms. The first-order valence-corrected chi connectivity index (χ1v) is 8.19. The monoisotopic (exact) mass is 308 g/mol. The molecule has 1 aliphatic rings. The summed E-state index contributed by atoms with van der Waals surface area (Å²) in [6, 6.07) is 6.70. The minimum Gasteiger partial charge on any atom is -0.342 e. The van der Waals surface area contributed by atoms with E-state index in [9.17, 15) is 14.9 Å². The molecule has 114 valence electrons. The first-order valence-electron chi connectivity index (χ1n) is 7.21. The maximum absolute atomic E-state index is 12.2. The molecule has 0 bridgehead atoms. The molecule has 21 heavy (non-hydrogen) atoms. The Kier molecular flexibility index (Phi) is 5.61. The number of hydrogen-bond acceptors (Lipinski definition) is 4. The number of nitro groups is 1. The van der Waals surface area contributed by atoms with E-state index in [1.54, 1.807) is 12.1 Å². The third-order valence-corrected chi connectivity index (χ3v) is 4.92. The Hall–Kier alpha value is -1.56. The van der Waals surface area contributed by atoms with Gasteiger partial charge in [-0.3, -0.25) is 14.9 Å². The Morgan fingerprint density at radius 1 is 1.29 bits per heavy atom. The van der Waals surface area contributed by atoms with E-state index in [4.69, 9.17) is 0 Å². The van der Waals surface area contributed by atoms with E-state index >= 15 is 0 Å². The highest BCUT2D eigenvalue weighted by molar-refractivity contribution is 8.00. The minimum atomic E-state index is -0.420. The van der Waals surface area contributed by atoms with E-state index in [1.165, 1.54) is 43.2 Å². The third kappa shape index (κ3) is 4.46. The molecule has 1 fully saturated rings. The highest BCUT2D eigenvalue weighted by Gasteiger charge is 2.21. The van der Waals surface area contributed by atoms with Crippen LogP contribution in [0.2, 0.25) is 0 Å². The summed E-state index contributed by atoms with van der Waals surface area (Å²) in [4.78, 5) is 25.1. The van der Waals surface area contributed by atoms with Crippen molar-refractivity contribution in [2.75, 3.05) is 12.8 Å². The predicted octanol–water partition coefficient (Wildman–Crippen LogP) is 3.48. The Labute approximate surface area is 128 Å². The zero-order chi connectivity index (χ0) is 15.2. The number of amides is 1.